The second-order valence-electron chi connectivity index (χ2n) is 6.06. The molecule has 0 bridgehead atoms. The number of fused-ring (bicyclic) bond motifs is 1. The van der Waals surface area contributed by atoms with Crippen LogP contribution in [0.15, 0.2) is 0 Å². The average molecular weight is 256 g/mol. The summed E-state index contributed by atoms with van der Waals surface area (Å²) < 4.78 is 11.1. The van der Waals surface area contributed by atoms with Crippen molar-refractivity contribution in [1.82, 2.24) is 0 Å². The Morgan fingerprint density at radius 2 is 1.56 bits per heavy atom. The third kappa shape index (κ3) is 1.99. The summed E-state index contributed by atoms with van der Waals surface area (Å²) in [5.41, 5.74) is -0.274. The van der Waals surface area contributed by atoms with Crippen molar-refractivity contribution in [2.24, 2.45) is 11.3 Å². The van der Waals surface area contributed by atoms with Crippen LogP contribution < -0.4 is 0 Å². The zero-order valence-corrected chi connectivity index (χ0v) is 10.9. The molecular weight excluding hydrogens is 232 g/mol. The van der Waals surface area contributed by atoms with E-state index in [1.165, 1.54) is 0 Å². The molecule has 2 unspecified atom stereocenters. The zero-order chi connectivity index (χ0) is 12.6. The average Bonchev–Trinajstić information content (AvgIpc) is 2.89. The Kier molecular flexibility index (Phi) is 3.63. The van der Waals surface area contributed by atoms with Crippen molar-refractivity contribution in [3.05, 3.63) is 0 Å². The van der Waals surface area contributed by atoms with E-state index in [0.717, 1.165) is 58.2 Å². The Morgan fingerprint density at radius 3 is 2.17 bits per heavy atom. The molecule has 1 aliphatic heterocycles. The summed E-state index contributed by atoms with van der Waals surface area (Å²) in [7, 11) is 0. The summed E-state index contributed by atoms with van der Waals surface area (Å²) in [5.74, 6) is 0.492. The Labute approximate surface area is 108 Å². The molecule has 0 amide bonds. The van der Waals surface area contributed by atoms with Gasteiger partial charge in [-0.3, -0.25) is 0 Å². The molecule has 0 aromatic carbocycles. The number of rotatable bonds is 3. The van der Waals surface area contributed by atoms with Gasteiger partial charge in [0.05, 0.1) is 25.4 Å². The normalized spacial score (nSPS) is 45.3. The fourth-order valence-corrected chi connectivity index (χ4v) is 4.31. The molecule has 2 atom stereocenters. The lowest BCUT2D eigenvalue weighted by atomic mass is 9.73. The molecule has 3 aliphatic rings. The topological polar surface area (TPSA) is 58.9 Å². The minimum atomic E-state index is -0.344. The van der Waals surface area contributed by atoms with Crippen LogP contribution in [-0.4, -0.2) is 41.9 Å². The smallest absolute Gasteiger partial charge is 0.157 e. The molecule has 4 nitrogen and oxygen atoms in total. The van der Waals surface area contributed by atoms with Gasteiger partial charge in [-0.05, 0) is 50.9 Å². The molecule has 2 saturated carbocycles. The van der Waals surface area contributed by atoms with E-state index in [-0.39, 0.29) is 23.9 Å². The van der Waals surface area contributed by atoms with E-state index < -0.39 is 0 Å². The van der Waals surface area contributed by atoms with Gasteiger partial charge < -0.3 is 19.7 Å². The standard InChI is InChI=1S/C14H24O4/c15-11-4-2-10-3-5-12(16)14(10,11)7-6-13-17-8-1-9-18-13/h10-13,15-16H,1-9H2. The minimum Gasteiger partial charge on any atom is -0.392 e. The summed E-state index contributed by atoms with van der Waals surface area (Å²) >= 11 is 0. The van der Waals surface area contributed by atoms with Gasteiger partial charge in [0.25, 0.3) is 0 Å². The van der Waals surface area contributed by atoms with Gasteiger partial charge >= 0.3 is 0 Å². The van der Waals surface area contributed by atoms with E-state index in [2.05, 4.69) is 0 Å². The van der Waals surface area contributed by atoms with Gasteiger partial charge in [0, 0.05) is 5.41 Å². The first-order chi connectivity index (χ1) is 8.73. The fourth-order valence-electron chi connectivity index (χ4n) is 4.31. The van der Waals surface area contributed by atoms with Crippen LogP contribution in [0, 0.1) is 11.3 Å². The first kappa shape index (κ1) is 12.9. The molecule has 1 heterocycles. The SMILES string of the molecule is OC1CCC2CCC(O)C12CCC1OCCCO1. The second-order valence-corrected chi connectivity index (χ2v) is 6.06. The lowest BCUT2D eigenvalue weighted by Gasteiger charge is -2.37. The summed E-state index contributed by atoms with van der Waals surface area (Å²) in [6.07, 6.45) is 5.57. The van der Waals surface area contributed by atoms with Crippen LogP contribution in [0.2, 0.25) is 0 Å². The third-order valence-corrected chi connectivity index (χ3v) is 5.29. The first-order valence-corrected chi connectivity index (χ1v) is 7.33. The predicted octanol–water partition coefficient (Wildman–Crippen LogP) is 1.44. The third-order valence-electron chi connectivity index (χ3n) is 5.29. The molecule has 4 heteroatoms. The predicted molar refractivity (Wildman–Crippen MR) is 65.9 cm³/mol. The fraction of sp³-hybridized carbons (Fsp3) is 1.00. The molecule has 2 aliphatic carbocycles. The van der Waals surface area contributed by atoms with E-state index in [4.69, 9.17) is 9.47 Å². The van der Waals surface area contributed by atoms with Crippen molar-refractivity contribution in [2.75, 3.05) is 13.2 Å². The van der Waals surface area contributed by atoms with E-state index >= 15 is 0 Å². The van der Waals surface area contributed by atoms with Gasteiger partial charge in [0.1, 0.15) is 0 Å². The van der Waals surface area contributed by atoms with Crippen LogP contribution in [0.25, 0.3) is 0 Å². The van der Waals surface area contributed by atoms with Crippen LogP contribution in [0.4, 0.5) is 0 Å². The highest BCUT2D eigenvalue weighted by molar-refractivity contribution is 5.06. The first-order valence-electron chi connectivity index (χ1n) is 7.33. The number of hydrogen-bond donors (Lipinski definition) is 2. The molecular formula is C14H24O4. The molecule has 1 saturated heterocycles. The van der Waals surface area contributed by atoms with Crippen molar-refractivity contribution in [2.45, 2.75) is 63.4 Å². The number of aliphatic hydroxyl groups excluding tert-OH is 2. The van der Waals surface area contributed by atoms with Gasteiger partial charge in [-0.25, -0.2) is 0 Å². The summed E-state index contributed by atoms with van der Waals surface area (Å²) in [4.78, 5) is 0. The molecule has 0 spiro atoms. The van der Waals surface area contributed by atoms with Crippen LogP contribution >= 0.6 is 0 Å². The minimum absolute atomic E-state index is 0.130. The van der Waals surface area contributed by atoms with Crippen molar-refractivity contribution >= 4 is 0 Å². The van der Waals surface area contributed by atoms with E-state index in [1.807, 2.05) is 0 Å². The summed E-state index contributed by atoms with van der Waals surface area (Å²) in [5, 5.41) is 20.6. The molecule has 0 aromatic heterocycles. The maximum Gasteiger partial charge on any atom is 0.157 e. The maximum atomic E-state index is 10.3. The quantitative estimate of drug-likeness (QED) is 0.802. The summed E-state index contributed by atoms with van der Waals surface area (Å²) in [6, 6.07) is 0. The van der Waals surface area contributed by atoms with Gasteiger partial charge in [0.15, 0.2) is 6.29 Å². The van der Waals surface area contributed by atoms with Crippen LogP contribution in [0.3, 0.4) is 0 Å². The van der Waals surface area contributed by atoms with Gasteiger partial charge in [-0.2, -0.15) is 0 Å². The highest BCUT2D eigenvalue weighted by Crippen LogP contribution is 2.57. The molecule has 0 aromatic rings. The Hall–Kier alpha value is -0.160. The van der Waals surface area contributed by atoms with Crippen molar-refractivity contribution in [3.8, 4) is 0 Å². The van der Waals surface area contributed by atoms with Gasteiger partial charge in [-0.1, -0.05) is 0 Å². The Balaban J connectivity index is 1.64. The summed E-state index contributed by atoms with van der Waals surface area (Å²) in [6.45, 7) is 1.54. The van der Waals surface area contributed by atoms with Crippen molar-refractivity contribution in [3.63, 3.8) is 0 Å². The van der Waals surface area contributed by atoms with Crippen LogP contribution in [0.1, 0.15) is 44.9 Å². The maximum absolute atomic E-state index is 10.3. The lowest BCUT2D eigenvalue weighted by molar-refractivity contribution is -0.188. The number of hydrogen-bond acceptors (Lipinski definition) is 4. The Bertz CT molecular complexity index is 274. The van der Waals surface area contributed by atoms with E-state index in [9.17, 15) is 10.2 Å². The monoisotopic (exact) mass is 256 g/mol. The lowest BCUT2D eigenvalue weighted by Crippen LogP contribution is -2.42. The van der Waals surface area contributed by atoms with E-state index in [1.54, 1.807) is 0 Å². The largest absolute Gasteiger partial charge is 0.392 e. The van der Waals surface area contributed by atoms with Crippen molar-refractivity contribution in [1.29, 1.82) is 0 Å². The van der Waals surface area contributed by atoms with E-state index in [0.29, 0.717) is 5.92 Å². The zero-order valence-electron chi connectivity index (χ0n) is 10.9. The number of aliphatic hydroxyl groups is 2. The molecule has 2 N–H and O–H groups in total. The molecule has 18 heavy (non-hydrogen) atoms. The van der Waals surface area contributed by atoms with Crippen LogP contribution in [0.5, 0.6) is 0 Å². The van der Waals surface area contributed by atoms with Crippen LogP contribution in [-0.2, 0) is 9.47 Å². The molecule has 3 rings (SSSR count). The van der Waals surface area contributed by atoms with Gasteiger partial charge in [0.2, 0.25) is 0 Å². The second kappa shape index (κ2) is 5.08. The number of ether oxygens (including phenoxy) is 2. The molecule has 3 fully saturated rings. The van der Waals surface area contributed by atoms with Gasteiger partial charge in [-0.15, -0.1) is 0 Å². The van der Waals surface area contributed by atoms with Crippen molar-refractivity contribution < 1.29 is 19.7 Å². The highest BCUT2D eigenvalue weighted by atomic mass is 16.7. The Morgan fingerprint density at radius 1 is 0.944 bits per heavy atom. The molecule has 0 radical (unpaired) electrons. The highest BCUT2D eigenvalue weighted by Gasteiger charge is 2.57. The molecule has 104 valence electrons.